The van der Waals surface area contributed by atoms with Gasteiger partial charge < -0.3 is 10.0 Å². The molecule has 104 valence electrons. The lowest BCUT2D eigenvalue weighted by molar-refractivity contribution is -0.147. The first-order valence-electron chi connectivity index (χ1n) is 6.86. The van der Waals surface area contributed by atoms with Crippen LogP contribution in [0.1, 0.15) is 40.5 Å². The number of carboxylic acid groups (broad SMARTS) is 1. The molecule has 4 heteroatoms. The van der Waals surface area contributed by atoms with Crippen molar-refractivity contribution in [3.63, 3.8) is 0 Å². The Hall–Kier alpha value is -1.06. The number of carboxylic acids is 1. The lowest BCUT2D eigenvalue weighted by atomic mass is 9.83. The van der Waals surface area contributed by atoms with Crippen molar-refractivity contribution in [1.82, 2.24) is 4.90 Å². The fraction of sp³-hybridized carbons (Fsp3) is 0.857. The van der Waals surface area contributed by atoms with Crippen LogP contribution in [0.25, 0.3) is 0 Å². The molecule has 4 nitrogen and oxygen atoms in total. The monoisotopic (exact) mass is 255 g/mol. The lowest BCUT2D eigenvalue weighted by Gasteiger charge is -2.35. The van der Waals surface area contributed by atoms with E-state index in [-0.39, 0.29) is 17.7 Å². The van der Waals surface area contributed by atoms with E-state index in [0.29, 0.717) is 37.8 Å². The van der Waals surface area contributed by atoms with Crippen molar-refractivity contribution >= 4 is 11.9 Å². The van der Waals surface area contributed by atoms with E-state index in [9.17, 15) is 9.59 Å². The van der Waals surface area contributed by atoms with Crippen molar-refractivity contribution in [3.05, 3.63) is 0 Å². The Kier molecular flexibility index (Phi) is 5.17. The maximum atomic E-state index is 12.4. The van der Waals surface area contributed by atoms with Crippen LogP contribution in [0.5, 0.6) is 0 Å². The topological polar surface area (TPSA) is 57.6 Å². The zero-order valence-corrected chi connectivity index (χ0v) is 11.8. The third-order valence-corrected chi connectivity index (χ3v) is 3.88. The molecule has 1 heterocycles. The van der Waals surface area contributed by atoms with Crippen LogP contribution in [0.4, 0.5) is 0 Å². The second-order valence-corrected chi connectivity index (χ2v) is 5.95. The van der Waals surface area contributed by atoms with Gasteiger partial charge in [-0.3, -0.25) is 9.59 Å². The Morgan fingerprint density at radius 1 is 1.06 bits per heavy atom. The van der Waals surface area contributed by atoms with Crippen LogP contribution in [0.2, 0.25) is 0 Å². The van der Waals surface area contributed by atoms with E-state index in [1.807, 2.05) is 4.90 Å². The number of nitrogens with zero attached hydrogens (tertiary/aromatic N) is 1. The molecule has 0 bridgehead atoms. The normalized spacial score (nSPS) is 17.8. The first-order chi connectivity index (χ1) is 8.34. The molecule has 0 radical (unpaired) electrons. The van der Waals surface area contributed by atoms with Crippen LogP contribution in [0, 0.1) is 23.7 Å². The lowest BCUT2D eigenvalue weighted by Crippen LogP contribution is -2.45. The second kappa shape index (κ2) is 6.21. The molecular formula is C14H25NO3. The summed E-state index contributed by atoms with van der Waals surface area (Å²) in [6.07, 6.45) is 1.17. The van der Waals surface area contributed by atoms with Gasteiger partial charge in [-0.1, -0.05) is 27.7 Å². The summed E-state index contributed by atoms with van der Waals surface area (Å²) in [7, 11) is 0. The van der Waals surface area contributed by atoms with Gasteiger partial charge in [0.2, 0.25) is 5.91 Å². The molecular weight excluding hydrogens is 230 g/mol. The molecule has 0 unspecified atom stereocenters. The Labute approximate surface area is 109 Å². The molecule has 0 atom stereocenters. The van der Waals surface area contributed by atoms with Gasteiger partial charge in [0.05, 0.1) is 5.92 Å². The number of aliphatic carboxylic acids is 1. The summed E-state index contributed by atoms with van der Waals surface area (Å²) in [6, 6.07) is 0. The van der Waals surface area contributed by atoms with Crippen LogP contribution in [0.15, 0.2) is 0 Å². The van der Waals surface area contributed by atoms with Crippen molar-refractivity contribution in [2.45, 2.75) is 40.5 Å². The highest BCUT2D eigenvalue weighted by Gasteiger charge is 2.33. The molecule has 0 aliphatic carbocycles. The quantitative estimate of drug-likeness (QED) is 0.838. The van der Waals surface area contributed by atoms with Gasteiger partial charge in [0.15, 0.2) is 0 Å². The number of rotatable bonds is 4. The van der Waals surface area contributed by atoms with Gasteiger partial charge in [-0.2, -0.15) is 0 Å². The third kappa shape index (κ3) is 3.47. The molecule has 0 spiro atoms. The molecule has 18 heavy (non-hydrogen) atoms. The number of amides is 1. The van der Waals surface area contributed by atoms with Crippen molar-refractivity contribution in [2.24, 2.45) is 23.7 Å². The maximum absolute atomic E-state index is 12.4. The Morgan fingerprint density at radius 3 is 1.83 bits per heavy atom. The van der Waals surface area contributed by atoms with E-state index in [2.05, 4.69) is 27.7 Å². The van der Waals surface area contributed by atoms with Gasteiger partial charge >= 0.3 is 5.97 Å². The molecule has 1 N–H and O–H groups in total. The number of hydrogen-bond acceptors (Lipinski definition) is 2. The number of carbonyl (C=O) groups is 2. The minimum Gasteiger partial charge on any atom is -0.481 e. The number of piperidine rings is 1. The molecule has 0 saturated carbocycles. The van der Waals surface area contributed by atoms with Crippen LogP contribution in [0.3, 0.4) is 0 Å². The molecule has 1 rings (SSSR count). The zero-order valence-electron chi connectivity index (χ0n) is 11.8. The smallest absolute Gasteiger partial charge is 0.306 e. The summed E-state index contributed by atoms with van der Waals surface area (Å²) in [5, 5.41) is 8.95. The molecule has 1 saturated heterocycles. The van der Waals surface area contributed by atoms with E-state index in [0.717, 1.165) is 0 Å². The summed E-state index contributed by atoms with van der Waals surface area (Å²) in [4.78, 5) is 25.2. The zero-order chi connectivity index (χ0) is 13.9. The third-order valence-electron chi connectivity index (χ3n) is 3.88. The van der Waals surface area contributed by atoms with Crippen LogP contribution in [-0.4, -0.2) is 35.0 Å². The van der Waals surface area contributed by atoms with Gasteiger partial charge in [-0.25, -0.2) is 0 Å². The molecule has 1 amide bonds. The highest BCUT2D eigenvalue weighted by Crippen LogP contribution is 2.26. The summed E-state index contributed by atoms with van der Waals surface area (Å²) < 4.78 is 0. The van der Waals surface area contributed by atoms with E-state index >= 15 is 0 Å². The Bertz CT molecular complexity index is 296. The molecule has 0 aromatic carbocycles. The minimum absolute atomic E-state index is 0.0476. The van der Waals surface area contributed by atoms with Gasteiger partial charge in [0, 0.05) is 19.0 Å². The first kappa shape index (κ1) is 15.0. The SMILES string of the molecule is CC(C)C(C(=O)N1CCC(C(=O)O)CC1)C(C)C. The number of carbonyl (C=O) groups excluding carboxylic acids is 1. The standard InChI is InChI=1S/C14H25NO3/c1-9(2)12(10(3)4)13(16)15-7-5-11(6-8-15)14(17)18/h9-12H,5-8H2,1-4H3,(H,17,18). The highest BCUT2D eigenvalue weighted by molar-refractivity contribution is 5.80. The average molecular weight is 255 g/mol. The van der Waals surface area contributed by atoms with E-state index < -0.39 is 5.97 Å². The minimum atomic E-state index is -0.730. The van der Waals surface area contributed by atoms with Crippen LogP contribution < -0.4 is 0 Å². The predicted molar refractivity (Wildman–Crippen MR) is 70.1 cm³/mol. The van der Waals surface area contributed by atoms with Gasteiger partial charge in [0.1, 0.15) is 0 Å². The van der Waals surface area contributed by atoms with Crippen molar-refractivity contribution < 1.29 is 14.7 Å². The summed E-state index contributed by atoms with van der Waals surface area (Å²) >= 11 is 0. The largest absolute Gasteiger partial charge is 0.481 e. The van der Waals surface area contributed by atoms with Gasteiger partial charge in [-0.05, 0) is 24.7 Å². The first-order valence-corrected chi connectivity index (χ1v) is 6.86. The van der Waals surface area contributed by atoms with Crippen LogP contribution in [-0.2, 0) is 9.59 Å². The fourth-order valence-electron chi connectivity index (χ4n) is 2.90. The van der Waals surface area contributed by atoms with E-state index in [1.165, 1.54) is 0 Å². The molecule has 1 aliphatic heterocycles. The van der Waals surface area contributed by atoms with E-state index in [1.54, 1.807) is 0 Å². The highest BCUT2D eigenvalue weighted by atomic mass is 16.4. The average Bonchev–Trinajstić information content (AvgIpc) is 2.28. The predicted octanol–water partition coefficient (Wildman–Crippen LogP) is 2.24. The summed E-state index contributed by atoms with van der Waals surface area (Å²) in [5.74, 6) is -0.100. The number of likely N-dealkylation sites (tertiary alicyclic amines) is 1. The summed E-state index contributed by atoms with van der Waals surface area (Å²) in [5.41, 5.74) is 0. The van der Waals surface area contributed by atoms with Gasteiger partial charge in [-0.15, -0.1) is 0 Å². The van der Waals surface area contributed by atoms with Crippen molar-refractivity contribution in [3.8, 4) is 0 Å². The molecule has 0 aromatic heterocycles. The molecule has 1 fully saturated rings. The summed E-state index contributed by atoms with van der Waals surface area (Å²) in [6.45, 7) is 9.48. The molecule has 0 aromatic rings. The second-order valence-electron chi connectivity index (χ2n) is 5.95. The Morgan fingerprint density at radius 2 is 1.50 bits per heavy atom. The molecule has 1 aliphatic rings. The van der Waals surface area contributed by atoms with Crippen molar-refractivity contribution in [1.29, 1.82) is 0 Å². The maximum Gasteiger partial charge on any atom is 0.306 e. The Balaban J connectivity index is 2.61. The van der Waals surface area contributed by atoms with E-state index in [4.69, 9.17) is 5.11 Å². The van der Waals surface area contributed by atoms with Crippen molar-refractivity contribution in [2.75, 3.05) is 13.1 Å². The van der Waals surface area contributed by atoms with Crippen LogP contribution >= 0.6 is 0 Å². The fourth-order valence-corrected chi connectivity index (χ4v) is 2.90. The number of hydrogen-bond donors (Lipinski definition) is 1. The van der Waals surface area contributed by atoms with Gasteiger partial charge in [0.25, 0.3) is 0 Å².